The molecular formula is C8H7ClN2O2S. The predicted octanol–water partition coefficient (Wildman–Crippen LogP) is 1.50. The summed E-state index contributed by atoms with van der Waals surface area (Å²) in [5.41, 5.74) is 0.620. The van der Waals surface area contributed by atoms with Crippen LogP contribution >= 0.6 is 10.7 Å². The summed E-state index contributed by atoms with van der Waals surface area (Å²) in [6.07, 6.45) is 1.81. The molecule has 0 unspecified atom stereocenters. The molecule has 0 aliphatic heterocycles. The number of aryl methyl sites for hydroxylation is 1. The standard InChI is InChI=1S/C8H7ClN2O2S/c1-11-5-6-2-3-7(14(9,12)13)4-8(6)10-11/h2-5H,1H3. The molecule has 2 rings (SSSR count). The summed E-state index contributed by atoms with van der Waals surface area (Å²) >= 11 is 0. The molecule has 14 heavy (non-hydrogen) atoms. The monoisotopic (exact) mass is 230 g/mol. The van der Waals surface area contributed by atoms with E-state index >= 15 is 0 Å². The van der Waals surface area contributed by atoms with E-state index in [0.717, 1.165) is 5.39 Å². The molecule has 1 aromatic heterocycles. The molecule has 0 atom stereocenters. The zero-order chi connectivity index (χ0) is 10.3. The third-order valence-corrected chi connectivity index (χ3v) is 3.23. The second-order valence-corrected chi connectivity index (χ2v) is 5.53. The van der Waals surface area contributed by atoms with Crippen LogP contribution in [-0.4, -0.2) is 18.2 Å². The van der Waals surface area contributed by atoms with Crippen molar-refractivity contribution in [1.82, 2.24) is 9.78 Å². The number of rotatable bonds is 1. The Balaban J connectivity index is 2.74. The Bertz CT molecular complexity index is 588. The lowest BCUT2D eigenvalue weighted by Crippen LogP contribution is -1.89. The lowest BCUT2D eigenvalue weighted by molar-refractivity contribution is 0.609. The second-order valence-electron chi connectivity index (χ2n) is 2.96. The molecule has 0 bridgehead atoms. The first kappa shape index (κ1) is 9.48. The third kappa shape index (κ3) is 1.60. The van der Waals surface area contributed by atoms with Gasteiger partial charge < -0.3 is 0 Å². The van der Waals surface area contributed by atoms with E-state index in [1.165, 1.54) is 12.1 Å². The highest BCUT2D eigenvalue weighted by atomic mass is 35.7. The fourth-order valence-electron chi connectivity index (χ4n) is 1.27. The highest BCUT2D eigenvalue weighted by molar-refractivity contribution is 8.13. The van der Waals surface area contributed by atoms with Gasteiger partial charge in [0, 0.05) is 29.3 Å². The summed E-state index contributed by atoms with van der Waals surface area (Å²) in [4.78, 5) is 0.0744. The highest BCUT2D eigenvalue weighted by Gasteiger charge is 2.11. The Morgan fingerprint density at radius 3 is 2.79 bits per heavy atom. The fraction of sp³-hybridized carbons (Fsp3) is 0.125. The second kappa shape index (κ2) is 2.96. The van der Waals surface area contributed by atoms with Crippen LogP contribution < -0.4 is 0 Å². The van der Waals surface area contributed by atoms with Gasteiger partial charge in [0.1, 0.15) is 0 Å². The lowest BCUT2D eigenvalue weighted by atomic mass is 10.3. The van der Waals surface area contributed by atoms with Crippen LogP contribution in [0.3, 0.4) is 0 Å². The van der Waals surface area contributed by atoms with E-state index in [1.807, 2.05) is 0 Å². The molecule has 0 spiro atoms. The lowest BCUT2D eigenvalue weighted by Gasteiger charge is -1.93. The van der Waals surface area contributed by atoms with Crippen molar-refractivity contribution >= 4 is 30.6 Å². The van der Waals surface area contributed by atoms with Gasteiger partial charge in [0.2, 0.25) is 0 Å². The molecule has 0 saturated heterocycles. The van der Waals surface area contributed by atoms with Gasteiger partial charge in [-0.25, -0.2) is 8.42 Å². The molecule has 6 heteroatoms. The minimum Gasteiger partial charge on any atom is -0.275 e. The first-order valence-corrected chi connectivity index (χ1v) is 6.16. The summed E-state index contributed by atoms with van der Waals surface area (Å²) in [5, 5.41) is 4.97. The smallest absolute Gasteiger partial charge is 0.261 e. The number of aromatic nitrogens is 2. The first-order chi connectivity index (χ1) is 6.47. The van der Waals surface area contributed by atoms with Crippen LogP contribution in [0.15, 0.2) is 29.3 Å². The minimum absolute atomic E-state index is 0.0744. The van der Waals surface area contributed by atoms with E-state index in [9.17, 15) is 8.42 Å². The molecule has 0 aliphatic rings. The zero-order valence-electron chi connectivity index (χ0n) is 7.31. The van der Waals surface area contributed by atoms with Crippen LogP contribution in [0.5, 0.6) is 0 Å². The molecule has 4 nitrogen and oxygen atoms in total. The maximum absolute atomic E-state index is 11.0. The van der Waals surface area contributed by atoms with Crippen LogP contribution in [0.2, 0.25) is 0 Å². The van der Waals surface area contributed by atoms with Crippen LogP contribution in [0.25, 0.3) is 10.9 Å². The molecule has 1 heterocycles. The van der Waals surface area contributed by atoms with Crippen molar-refractivity contribution in [1.29, 1.82) is 0 Å². The summed E-state index contributed by atoms with van der Waals surface area (Å²) in [5.74, 6) is 0. The molecule has 0 N–H and O–H groups in total. The van der Waals surface area contributed by atoms with Crippen LogP contribution in [0.1, 0.15) is 0 Å². The number of benzene rings is 1. The Morgan fingerprint density at radius 2 is 2.14 bits per heavy atom. The number of hydrogen-bond acceptors (Lipinski definition) is 3. The summed E-state index contributed by atoms with van der Waals surface area (Å²) in [7, 11) is 3.31. The Labute approximate surface area is 85.5 Å². The summed E-state index contributed by atoms with van der Waals surface area (Å²) < 4.78 is 23.6. The Kier molecular flexibility index (Phi) is 2.01. The average Bonchev–Trinajstić information content (AvgIpc) is 2.41. The maximum atomic E-state index is 11.0. The molecule has 0 fully saturated rings. The van der Waals surface area contributed by atoms with Crippen LogP contribution in [-0.2, 0) is 16.1 Å². The van der Waals surface area contributed by atoms with Gasteiger partial charge in [-0.15, -0.1) is 0 Å². The van der Waals surface area contributed by atoms with E-state index in [0.29, 0.717) is 5.52 Å². The molecule has 2 aromatic rings. The van der Waals surface area contributed by atoms with E-state index in [2.05, 4.69) is 5.10 Å². The molecule has 0 saturated carbocycles. The molecule has 0 amide bonds. The number of hydrogen-bond donors (Lipinski definition) is 0. The first-order valence-electron chi connectivity index (χ1n) is 3.85. The van der Waals surface area contributed by atoms with Crippen molar-refractivity contribution in [3.63, 3.8) is 0 Å². The van der Waals surface area contributed by atoms with Crippen molar-refractivity contribution in [2.75, 3.05) is 0 Å². The summed E-state index contributed by atoms with van der Waals surface area (Å²) in [6, 6.07) is 4.60. The zero-order valence-corrected chi connectivity index (χ0v) is 8.88. The van der Waals surface area contributed by atoms with Gasteiger partial charge in [0.15, 0.2) is 0 Å². The fourth-order valence-corrected chi connectivity index (χ4v) is 2.04. The number of nitrogens with zero attached hydrogens (tertiary/aromatic N) is 2. The average molecular weight is 231 g/mol. The molecular weight excluding hydrogens is 224 g/mol. The van der Waals surface area contributed by atoms with Gasteiger partial charge in [0.25, 0.3) is 9.05 Å². The van der Waals surface area contributed by atoms with Crippen molar-refractivity contribution in [2.45, 2.75) is 4.90 Å². The molecule has 0 aliphatic carbocycles. The number of halogens is 1. The van der Waals surface area contributed by atoms with Gasteiger partial charge >= 0.3 is 0 Å². The SMILES string of the molecule is Cn1cc2ccc(S(=O)(=O)Cl)cc2n1. The molecule has 1 aromatic carbocycles. The van der Waals surface area contributed by atoms with Crippen molar-refractivity contribution in [3.05, 3.63) is 24.4 Å². The van der Waals surface area contributed by atoms with Crippen LogP contribution in [0, 0.1) is 0 Å². The third-order valence-electron chi connectivity index (χ3n) is 1.87. The van der Waals surface area contributed by atoms with E-state index in [1.54, 1.807) is 24.0 Å². The molecule has 74 valence electrons. The van der Waals surface area contributed by atoms with Gasteiger partial charge in [0.05, 0.1) is 10.4 Å². The quantitative estimate of drug-likeness (QED) is 0.698. The van der Waals surface area contributed by atoms with E-state index in [-0.39, 0.29) is 4.90 Å². The van der Waals surface area contributed by atoms with Gasteiger partial charge in [-0.1, -0.05) is 0 Å². The van der Waals surface area contributed by atoms with Crippen molar-refractivity contribution in [2.24, 2.45) is 7.05 Å². The van der Waals surface area contributed by atoms with Gasteiger partial charge in [-0.3, -0.25) is 4.68 Å². The van der Waals surface area contributed by atoms with Gasteiger partial charge in [-0.2, -0.15) is 5.10 Å². The van der Waals surface area contributed by atoms with Gasteiger partial charge in [-0.05, 0) is 18.2 Å². The largest absolute Gasteiger partial charge is 0.275 e. The normalized spacial score (nSPS) is 12.1. The number of fused-ring (bicyclic) bond motifs is 1. The van der Waals surface area contributed by atoms with Crippen molar-refractivity contribution < 1.29 is 8.42 Å². The highest BCUT2D eigenvalue weighted by Crippen LogP contribution is 2.20. The summed E-state index contributed by atoms with van der Waals surface area (Å²) in [6.45, 7) is 0. The van der Waals surface area contributed by atoms with Crippen molar-refractivity contribution in [3.8, 4) is 0 Å². The topological polar surface area (TPSA) is 52.0 Å². The minimum atomic E-state index is -3.66. The van der Waals surface area contributed by atoms with E-state index < -0.39 is 9.05 Å². The predicted molar refractivity (Wildman–Crippen MR) is 53.8 cm³/mol. The Morgan fingerprint density at radius 1 is 1.43 bits per heavy atom. The maximum Gasteiger partial charge on any atom is 0.261 e. The Hall–Kier alpha value is -1.07. The van der Waals surface area contributed by atoms with E-state index in [4.69, 9.17) is 10.7 Å². The molecule has 0 radical (unpaired) electrons. The van der Waals surface area contributed by atoms with Crippen LogP contribution in [0.4, 0.5) is 0 Å².